The Kier molecular flexibility index (Phi) is 3.30. The van der Waals surface area contributed by atoms with E-state index in [1.165, 1.54) is 6.42 Å². The van der Waals surface area contributed by atoms with Gasteiger partial charge in [-0.1, -0.05) is 24.6 Å². The number of nitrogens with zero attached hydrogens (tertiary/aromatic N) is 1. The van der Waals surface area contributed by atoms with Crippen LogP contribution in [0, 0.1) is 5.92 Å². The number of furan rings is 1. The highest BCUT2D eigenvalue weighted by Gasteiger charge is 2.36. The van der Waals surface area contributed by atoms with Crippen molar-refractivity contribution in [3.05, 3.63) is 52.9 Å². The van der Waals surface area contributed by atoms with Crippen molar-refractivity contribution in [2.45, 2.75) is 19.3 Å². The number of rotatable bonds is 4. The quantitative estimate of drug-likeness (QED) is 0.658. The summed E-state index contributed by atoms with van der Waals surface area (Å²) in [5, 5.41) is 4.82. The van der Waals surface area contributed by atoms with Crippen molar-refractivity contribution in [1.82, 2.24) is 0 Å². The van der Waals surface area contributed by atoms with Crippen molar-refractivity contribution in [3.63, 3.8) is 0 Å². The summed E-state index contributed by atoms with van der Waals surface area (Å²) >= 11 is 5.89. The SMILES string of the molecule is C[C@H]1C[C@H]1c1ccc(/C=N\Nc2cccc(Cl)c2)o1. The predicted octanol–water partition coefficient (Wildman–Crippen LogP) is 4.50. The van der Waals surface area contributed by atoms with Crippen LogP contribution in [-0.2, 0) is 0 Å². The second-order valence-electron chi connectivity index (χ2n) is 4.94. The van der Waals surface area contributed by atoms with Crippen LogP contribution in [0.15, 0.2) is 45.9 Å². The van der Waals surface area contributed by atoms with E-state index in [0.29, 0.717) is 10.9 Å². The lowest BCUT2D eigenvalue weighted by atomic mass is 10.3. The van der Waals surface area contributed by atoms with Crippen molar-refractivity contribution < 1.29 is 4.42 Å². The van der Waals surface area contributed by atoms with E-state index in [-0.39, 0.29) is 0 Å². The Morgan fingerprint density at radius 1 is 1.37 bits per heavy atom. The lowest BCUT2D eigenvalue weighted by Gasteiger charge is -1.99. The first-order chi connectivity index (χ1) is 9.22. The molecule has 1 aliphatic carbocycles. The van der Waals surface area contributed by atoms with E-state index in [2.05, 4.69) is 17.5 Å². The van der Waals surface area contributed by atoms with Crippen LogP contribution in [0.25, 0.3) is 0 Å². The summed E-state index contributed by atoms with van der Waals surface area (Å²) in [5.74, 6) is 3.18. The molecule has 0 aliphatic heterocycles. The van der Waals surface area contributed by atoms with E-state index < -0.39 is 0 Å². The molecule has 0 amide bonds. The number of halogens is 1. The fourth-order valence-corrected chi connectivity index (χ4v) is 2.27. The monoisotopic (exact) mass is 274 g/mol. The molecule has 2 aromatic rings. The minimum absolute atomic E-state index is 0.600. The number of hydrogen-bond donors (Lipinski definition) is 1. The van der Waals surface area contributed by atoms with Crippen molar-refractivity contribution in [3.8, 4) is 0 Å². The number of nitrogens with one attached hydrogen (secondary N) is 1. The molecule has 0 radical (unpaired) electrons. The Hall–Kier alpha value is -1.74. The molecular weight excluding hydrogens is 260 g/mol. The summed E-state index contributed by atoms with van der Waals surface area (Å²) in [6.45, 7) is 2.24. The van der Waals surface area contributed by atoms with Gasteiger partial charge in [-0.2, -0.15) is 5.10 Å². The maximum absolute atomic E-state index is 5.89. The fourth-order valence-electron chi connectivity index (χ4n) is 2.08. The molecule has 1 fully saturated rings. The van der Waals surface area contributed by atoms with Crippen molar-refractivity contribution in [2.24, 2.45) is 11.0 Å². The molecular formula is C15H15ClN2O. The second kappa shape index (κ2) is 5.10. The van der Waals surface area contributed by atoms with Crippen LogP contribution >= 0.6 is 11.6 Å². The molecule has 0 bridgehead atoms. The van der Waals surface area contributed by atoms with Gasteiger partial charge in [0.15, 0.2) is 0 Å². The zero-order valence-corrected chi connectivity index (χ0v) is 11.4. The molecule has 1 saturated carbocycles. The smallest absolute Gasteiger partial charge is 0.147 e. The average molecular weight is 275 g/mol. The third-order valence-electron chi connectivity index (χ3n) is 3.33. The molecule has 1 heterocycles. The van der Waals surface area contributed by atoms with E-state index in [9.17, 15) is 0 Å². The van der Waals surface area contributed by atoms with Gasteiger partial charge in [-0.3, -0.25) is 5.43 Å². The molecule has 0 saturated heterocycles. The molecule has 19 heavy (non-hydrogen) atoms. The van der Waals surface area contributed by atoms with Crippen LogP contribution in [-0.4, -0.2) is 6.21 Å². The van der Waals surface area contributed by atoms with Gasteiger partial charge in [-0.25, -0.2) is 0 Å². The minimum Gasteiger partial charge on any atom is -0.460 e. The lowest BCUT2D eigenvalue weighted by molar-refractivity contribution is 0.500. The first-order valence-electron chi connectivity index (χ1n) is 6.37. The van der Waals surface area contributed by atoms with Crippen LogP contribution < -0.4 is 5.43 Å². The van der Waals surface area contributed by atoms with Gasteiger partial charge in [0.2, 0.25) is 0 Å². The van der Waals surface area contributed by atoms with Gasteiger partial charge in [-0.05, 0) is 42.7 Å². The highest BCUT2D eigenvalue weighted by Crippen LogP contribution is 2.47. The normalized spacial score (nSPS) is 21.8. The Balaban J connectivity index is 1.61. The van der Waals surface area contributed by atoms with E-state index >= 15 is 0 Å². The highest BCUT2D eigenvalue weighted by atomic mass is 35.5. The highest BCUT2D eigenvalue weighted by molar-refractivity contribution is 6.30. The average Bonchev–Trinajstić information content (AvgIpc) is 2.93. The molecule has 1 N–H and O–H groups in total. The van der Waals surface area contributed by atoms with E-state index in [0.717, 1.165) is 23.1 Å². The van der Waals surface area contributed by atoms with Crippen molar-refractivity contribution in [1.29, 1.82) is 0 Å². The zero-order chi connectivity index (χ0) is 13.2. The first kappa shape index (κ1) is 12.3. The molecule has 1 aromatic heterocycles. The Bertz CT molecular complexity index is 606. The topological polar surface area (TPSA) is 37.5 Å². The molecule has 0 unspecified atom stereocenters. The van der Waals surface area contributed by atoms with E-state index in [4.69, 9.17) is 16.0 Å². The molecule has 3 nitrogen and oxygen atoms in total. The van der Waals surface area contributed by atoms with Crippen LogP contribution in [0.3, 0.4) is 0 Å². The number of hydrogen-bond acceptors (Lipinski definition) is 3. The predicted molar refractivity (Wildman–Crippen MR) is 77.9 cm³/mol. The second-order valence-corrected chi connectivity index (χ2v) is 5.38. The molecule has 4 heteroatoms. The van der Waals surface area contributed by atoms with Gasteiger partial charge in [0.25, 0.3) is 0 Å². The molecule has 1 aliphatic rings. The summed E-state index contributed by atoms with van der Waals surface area (Å²) < 4.78 is 5.72. The van der Waals surface area contributed by atoms with Crippen LogP contribution in [0.2, 0.25) is 5.02 Å². The summed E-state index contributed by atoms with van der Waals surface area (Å²) in [5.41, 5.74) is 3.77. The lowest BCUT2D eigenvalue weighted by Crippen LogP contribution is -1.89. The summed E-state index contributed by atoms with van der Waals surface area (Å²) in [4.78, 5) is 0. The molecule has 1 aromatic carbocycles. The number of anilines is 1. The van der Waals surface area contributed by atoms with Gasteiger partial charge in [-0.15, -0.1) is 0 Å². The maximum atomic E-state index is 5.89. The Labute approximate surface area is 117 Å². The maximum Gasteiger partial charge on any atom is 0.147 e. The van der Waals surface area contributed by atoms with Crippen molar-refractivity contribution in [2.75, 3.05) is 5.43 Å². The van der Waals surface area contributed by atoms with E-state index in [1.54, 1.807) is 6.21 Å². The standard InChI is InChI=1S/C15H15ClN2O/c1-10-7-14(10)15-6-5-13(19-15)9-17-18-12-4-2-3-11(16)8-12/h2-6,8-10,14,18H,7H2,1H3/b17-9-/t10-,14+/m0/s1. The Morgan fingerprint density at radius 2 is 2.21 bits per heavy atom. The number of hydrazone groups is 1. The molecule has 0 spiro atoms. The third-order valence-corrected chi connectivity index (χ3v) is 3.57. The fraction of sp³-hybridized carbons (Fsp3) is 0.267. The van der Waals surface area contributed by atoms with Crippen molar-refractivity contribution >= 4 is 23.5 Å². The first-order valence-corrected chi connectivity index (χ1v) is 6.74. The largest absolute Gasteiger partial charge is 0.460 e. The van der Waals surface area contributed by atoms with Crippen LogP contribution in [0.1, 0.15) is 30.8 Å². The summed E-state index contributed by atoms with van der Waals surface area (Å²) in [6, 6.07) is 11.4. The number of benzene rings is 1. The van der Waals surface area contributed by atoms with Crippen LogP contribution in [0.4, 0.5) is 5.69 Å². The zero-order valence-electron chi connectivity index (χ0n) is 10.6. The molecule has 2 atom stereocenters. The molecule has 98 valence electrons. The van der Waals surface area contributed by atoms with E-state index in [1.807, 2.05) is 36.4 Å². The van der Waals surface area contributed by atoms with Crippen LogP contribution in [0.5, 0.6) is 0 Å². The van der Waals surface area contributed by atoms with Gasteiger partial charge in [0.1, 0.15) is 11.5 Å². The molecule has 3 rings (SSSR count). The summed E-state index contributed by atoms with van der Waals surface area (Å²) in [6.07, 6.45) is 2.91. The van der Waals surface area contributed by atoms with Gasteiger partial charge in [0, 0.05) is 10.9 Å². The summed E-state index contributed by atoms with van der Waals surface area (Å²) in [7, 11) is 0. The van der Waals surface area contributed by atoms with Gasteiger partial charge < -0.3 is 4.42 Å². The minimum atomic E-state index is 0.600. The Morgan fingerprint density at radius 3 is 2.95 bits per heavy atom. The van der Waals surface area contributed by atoms with Gasteiger partial charge in [0.05, 0.1) is 11.9 Å². The van der Waals surface area contributed by atoms with Gasteiger partial charge >= 0.3 is 0 Å². The third kappa shape index (κ3) is 2.99.